The minimum atomic E-state index is -0.806. The van der Waals surface area contributed by atoms with Gasteiger partial charge in [0.05, 0.1) is 16.4 Å². The average Bonchev–Trinajstić information content (AvgIpc) is 2.25. The number of nitrogen functional groups attached to an aromatic ring is 1. The Hall–Kier alpha value is -1.88. The van der Waals surface area contributed by atoms with Gasteiger partial charge in [-0.05, 0) is 18.2 Å². The van der Waals surface area contributed by atoms with Crippen LogP contribution in [0.3, 0.4) is 0 Å². The predicted molar refractivity (Wildman–Crippen MR) is 63.3 cm³/mol. The number of rotatable bonds is 2. The Labute approximate surface area is 101 Å². The number of nitrogens with two attached hydrogens (primary N) is 1. The van der Waals surface area contributed by atoms with Crippen molar-refractivity contribution in [2.75, 3.05) is 11.1 Å². The maximum absolute atomic E-state index is 13.5. The summed E-state index contributed by atoms with van der Waals surface area (Å²) in [5, 5.41) is 2.55. The van der Waals surface area contributed by atoms with Crippen molar-refractivity contribution in [1.82, 2.24) is 4.98 Å². The summed E-state index contributed by atoms with van der Waals surface area (Å²) in [6.07, 6.45) is 1.49. The van der Waals surface area contributed by atoms with E-state index in [9.17, 15) is 8.78 Å². The van der Waals surface area contributed by atoms with Crippen LogP contribution < -0.4 is 11.1 Å². The van der Waals surface area contributed by atoms with Crippen LogP contribution in [0.25, 0.3) is 0 Å². The lowest BCUT2D eigenvalue weighted by Crippen LogP contribution is -2.01. The number of hydrogen-bond acceptors (Lipinski definition) is 3. The lowest BCUT2D eigenvalue weighted by atomic mass is 10.3. The van der Waals surface area contributed by atoms with E-state index in [1.54, 1.807) is 12.1 Å². The molecule has 88 valence electrons. The number of pyridine rings is 1. The first-order valence-corrected chi connectivity index (χ1v) is 5.08. The number of aromatic nitrogens is 1. The first-order chi connectivity index (χ1) is 8.08. The van der Waals surface area contributed by atoms with Gasteiger partial charge in [0.2, 0.25) is 0 Å². The van der Waals surface area contributed by atoms with Crippen molar-refractivity contribution in [1.29, 1.82) is 0 Å². The minimum Gasteiger partial charge on any atom is -0.396 e. The van der Waals surface area contributed by atoms with Crippen LogP contribution in [0.4, 0.5) is 26.0 Å². The summed E-state index contributed by atoms with van der Waals surface area (Å²) in [5.41, 5.74) is 5.92. The smallest absolute Gasteiger partial charge is 0.153 e. The molecule has 1 aromatic heterocycles. The normalized spacial score (nSPS) is 10.3. The number of nitrogens with one attached hydrogen (secondary N) is 1. The highest BCUT2D eigenvalue weighted by Crippen LogP contribution is 2.30. The molecule has 1 aromatic carbocycles. The fourth-order valence-corrected chi connectivity index (χ4v) is 1.54. The Kier molecular flexibility index (Phi) is 3.10. The van der Waals surface area contributed by atoms with Crippen LogP contribution in [0.15, 0.2) is 30.5 Å². The van der Waals surface area contributed by atoms with Crippen molar-refractivity contribution in [2.45, 2.75) is 0 Å². The van der Waals surface area contributed by atoms with Gasteiger partial charge in [0, 0.05) is 12.3 Å². The van der Waals surface area contributed by atoms with Gasteiger partial charge < -0.3 is 11.1 Å². The van der Waals surface area contributed by atoms with Gasteiger partial charge in [-0.15, -0.1) is 0 Å². The third kappa shape index (κ3) is 2.45. The molecule has 0 unspecified atom stereocenters. The van der Waals surface area contributed by atoms with E-state index in [0.717, 1.165) is 12.1 Å². The van der Waals surface area contributed by atoms with E-state index in [4.69, 9.17) is 17.3 Å². The molecule has 0 saturated carbocycles. The van der Waals surface area contributed by atoms with Gasteiger partial charge in [-0.1, -0.05) is 11.6 Å². The summed E-state index contributed by atoms with van der Waals surface area (Å²) in [5.74, 6) is -1.29. The zero-order valence-electron chi connectivity index (χ0n) is 8.55. The van der Waals surface area contributed by atoms with E-state index in [1.165, 1.54) is 6.20 Å². The van der Waals surface area contributed by atoms with Gasteiger partial charge in [-0.2, -0.15) is 0 Å². The molecule has 0 spiro atoms. The molecule has 2 rings (SSSR count). The molecule has 0 saturated heterocycles. The molecule has 2 aromatic rings. The van der Waals surface area contributed by atoms with Crippen molar-refractivity contribution in [3.63, 3.8) is 0 Å². The summed E-state index contributed by atoms with van der Waals surface area (Å²) in [7, 11) is 0. The van der Waals surface area contributed by atoms with E-state index >= 15 is 0 Å². The number of nitrogens with zero attached hydrogens (tertiary/aromatic N) is 1. The highest BCUT2D eigenvalue weighted by molar-refractivity contribution is 6.33. The van der Waals surface area contributed by atoms with E-state index in [1.807, 2.05) is 0 Å². The van der Waals surface area contributed by atoms with Crippen LogP contribution in [0.1, 0.15) is 0 Å². The molecule has 6 heteroatoms. The monoisotopic (exact) mass is 255 g/mol. The molecule has 3 N–H and O–H groups in total. The van der Waals surface area contributed by atoms with Crippen molar-refractivity contribution in [3.8, 4) is 0 Å². The highest BCUT2D eigenvalue weighted by Gasteiger charge is 2.11. The molecule has 0 aliphatic heterocycles. The number of anilines is 3. The van der Waals surface area contributed by atoms with Gasteiger partial charge in [0.25, 0.3) is 0 Å². The zero-order chi connectivity index (χ0) is 12.4. The standard InChI is InChI=1S/C11H8ClF2N3/c12-7-4-6(13)5-8(14)10(7)17-11-9(15)2-1-3-16-11/h1-5H,15H2,(H,16,17). The van der Waals surface area contributed by atoms with Gasteiger partial charge in [-0.25, -0.2) is 13.8 Å². The summed E-state index contributed by atoms with van der Waals surface area (Å²) < 4.78 is 26.3. The van der Waals surface area contributed by atoms with Crippen LogP contribution in [0, 0.1) is 11.6 Å². The number of hydrogen-bond donors (Lipinski definition) is 2. The second kappa shape index (κ2) is 4.55. The Bertz CT molecular complexity index is 537. The summed E-state index contributed by atoms with van der Waals surface area (Å²) in [6.45, 7) is 0. The minimum absolute atomic E-state index is 0.0570. The third-order valence-electron chi connectivity index (χ3n) is 2.09. The summed E-state index contributed by atoms with van der Waals surface area (Å²) in [6, 6.07) is 4.98. The quantitative estimate of drug-likeness (QED) is 0.865. The first-order valence-electron chi connectivity index (χ1n) is 4.70. The Morgan fingerprint density at radius 3 is 2.71 bits per heavy atom. The maximum atomic E-state index is 13.5. The highest BCUT2D eigenvalue weighted by atomic mass is 35.5. The molecule has 0 aliphatic rings. The van der Waals surface area contributed by atoms with Gasteiger partial charge >= 0.3 is 0 Å². The van der Waals surface area contributed by atoms with Crippen LogP contribution in [-0.4, -0.2) is 4.98 Å². The van der Waals surface area contributed by atoms with E-state index in [-0.39, 0.29) is 16.5 Å². The fraction of sp³-hybridized carbons (Fsp3) is 0. The van der Waals surface area contributed by atoms with E-state index in [0.29, 0.717) is 5.69 Å². The molecule has 17 heavy (non-hydrogen) atoms. The zero-order valence-corrected chi connectivity index (χ0v) is 9.30. The SMILES string of the molecule is Nc1cccnc1Nc1c(F)cc(F)cc1Cl. The molecule has 0 amide bonds. The number of benzene rings is 1. The van der Waals surface area contributed by atoms with Crippen LogP contribution in [0.2, 0.25) is 5.02 Å². The molecule has 3 nitrogen and oxygen atoms in total. The first kappa shape index (κ1) is 11.6. The Morgan fingerprint density at radius 1 is 1.29 bits per heavy atom. The summed E-state index contributed by atoms with van der Waals surface area (Å²) in [4.78, 5) is 3.92. The molecule has 0 radical (unpaired) electrons. The summed E-state index contributed by atoms with van der Waals surface area (Å²) >= 11 is 5.73. The Balaban J connectivity index is 2.40. The topological polar surface area (TPSA) is 50.9 Å². The molecule has 0 atom stereocenters. The van der Waals surface area contributed by atoms with Crippen LogP contribution in [0.5, 0.6) is 0 Å². The molecular weight excluding hydrogens is 248 g/mol. The van der Waals surface area contributed by atoms with Crippen molar-refractivity contribution in [3.05, 3.63) is 47.1 Å². The molecule has 0 aliphatic carbocycles. The van der Waals surface area contributed by atoms with E-state index < -0.39 is 11.6 Å². The average molecular weight is 256 g/mol. The van der Waals surface area contributed by atoms with Gasteiger partial charge in [0.1, 0.15) is 5.82 Å². The predicted octanol–water partition coefficient (Wildman–Crippen LogP) is 3.34. The van der Waals surface area contributed by atoms with Crippen molar-refractivity contribution >= 4 is 28.8 Å². The second-order valence-corrected chi connectivity index (χ2v) is 3.72. The lowest BCUT2D eigenvalue weighted by Gasteiger charge is -2.10. The lowest BCUT2D eigenvalue weighted by molar-refractivity contribution is 0.586. The van der Waals surface area contributed by atoms with Crippen molar-refractivity contribution < 1.29 is 8.78 Å². The number of halogens is 3. The van der Waals surface area contributed by atoms with Crippen LogP contribution in [-0.2, 0) is 0 Å². The van der Waals surface area contributed by atoms with E-state index in [2.05, 4.69) is 10.3 Å². The molecule has 1 heterocycles. The largest absolute Gasteiger partial charge is 0.396 e. The second-order valence-electron chi connectivity index (χ2n) is 3.31. The van der Waals surface area contributed by atoms with Gasteiger partial charge in [0.15, 0.2) is 11.6 Å². The maximum Gasteiger partial charge on any atom is 0.153 e. The molecule has 0 bridgehead atoms. The Morgan fingerprint density at radius 2 is 2.06 bits per heavy atom. The molecule has 0 fully saturated rings. The van der Waals surface area contributed by atoms with Crippen molar-refractivity contribution in [2.24, 2.45) is 0 Å². The third-order valence-corrected chi connectivity index (χ3v) is 2.39. The fourth-order valence-electron chi connectivity index (χ4n) is 1.30. The molecular formula is C11H8ClF2N3. The van der Waals surface area contributed by atoms with Gasteiger partial charge in [-0.3, -0.25) is 0 Å². The van der Waals surface area contributed by atoms with Crippen LogP contribution >= 0.6 is 11.6 Å².